The highest BCUT2D eigenvalue weighted by Crippen LogP contribution is 2.40. The first-order valence-electron chi connectivity index (χ1n) is 13.8. The first-order valence-corrected chi connectivity index (χ1v) is 13.8. The van der Waals surface area contributed by atoms with E-state index >= 15 is 0 Å². The predicted octanol–water partition coefficient (Wildman–Crippen LogP) is 10.4. The quantitative estimate of drug-likeness (QED) is 0.228. The van der Waals surface area contributed by atoms with Gasteiger partial charge in [-0.2, -0.15) is 0 Å². The van der Waals surface area contributed by atoms with E-state index in [1.165, 1.54) is 77.0 Å². The molecule has 0 aliphatic rings. The molecule has 0 unspecified atom stereocenters. The summed E-state index contributed by atoms with van der Waals surface area (Å²) in [4.78, 5) is 0. The highest BCUT2D eigenvalue weighted by atomic mass is 14.9. The molecule has 8 aromatic rings. The Hall–Kier alpha value is -4.88. The van der Waals surface area contributed by atoms with E-state index in [2.05, 4.69) is 145 Å². The van der Waals surface area contributed by atoms with Crippen molar-refractivity contribution in [2.24, 2.45) is 0 Å². The summed E-state index contributed by atoms with van der Waals surface area (Å²) in [6, 6.07) is 49.0. The second kappa shape index (κ2) is 8.58. The smallest absolute Gasteiger partial charge is 0.0620 e. The monoisotopic (exact) mass is 497 g/mol. The van der Waals surface area contributed by atoms with Crippen LogP contribution < -0.4 is 0 Å². The minimum Gasteiger partial charge on any atom is -0.308 e. The first-order chi connectivity index (χ1) is 19.3. The van der Waals surface area contributed by atoms with Gasteiger partial charge in [0.1, 0.15) is 0 Å². The average Bonchev–Trinajstić information content (AvgIpc) is 3.53. The van der Waals surface area contributed by atoms with Crippen molar-refractivity contribution in [1.82, 2.24) is 4.40 Å². The van der Waals surface area contributed by atoms with E-state index in [-0.39, 0.29) is 0 Å². The van der Waals surface area contributed by atoms with Gasteiger partial charge in [-0.1, -0.05) is 104 Å². The molecule has 0 spiro atoms. The lowest BCUT2D eigenvalue weighted by Gasteiger charge is -2.09. The lowest BCUT2D eigenvalue weighted by atomic mass is 9.95. The fourth-order valence-electron chi connectivity index (χ4n) is 6.32. The van der Waals surface area contributed by atoms with Gasteiger partial charge in [0.05, 0.1) is 16.6 Å². The van der Waals surface area contributed by atoms with Gasteiger partial charge in [0.2, 0.25) is 0 Å². The van der Waals surface area contributed by atoms with Crippen molar-refractivity contribution in [1.29, 1.82) is 0 Å². The Balaban J connectivity index is 1.27. The topological polar surface area (TPSA) is 4.41 Å². The largest absolute Gasteiger partial charge is 0.308 e. The van der Waals surface area contributed by atoms with Gasteiger partial charge < -0.3 is 4.40 Å². The molecule has 1 nitrogen and oxygen atoms in total. The third-order valence-electron chi connectivity index (χ3n) is 8.29. The molecular formula is C38H27N. The second-order valence-electron chi connectivity index (χ2n) is 10.5. The number of fused-ring (bicyclic) bond motifs is 6. The van der Waals surface area contributed by atoms with Crippen molar-refractivity contribution in [3.05, 3.63) is 139 Å². The summed E-state index contributed by atoms with van der Waals surface area (Å²) < 4.78 is 2.46. The number of hydrogen-bond donors (Lipinski definition) is 0. The summed E-state index contributed by atoms with van der Waals surface area (Å²) >= 11 is 0. The molecule has 0 aliphatic heterocycles. The van der Waals surface area contributed by atoms with Crippen molar-refractivity contribution < 1.29 is 0 Å². The number of aryl methyl sites for hydroxylation is 1. The first kappa shape index (κ1) is 22.1. The van der Waals surface area contributed by atoms with Crippen molar-refractivity contribution >= 4 is 38.1 Å². The van der Waals surface area contributed by atoms with Crippen molar-refractivity contribution in [3.63, 3.8) is 0 Å². The molecule has 0 fully saturated rings. The minimum absolute atomic E-state index is 1.05. The van der Waals surface area contributed by atoms with E-state index in [1.807, 2.05) is 0 Å². The third-order valence-corrected chi connectivity index (χ3v) is 8.29. The fourth-order valence-corrected chi connectivity index (χ4v) is 6.32. The SMILES string of the molecule is CCc1ccc2c(c1)c1cccc3c4cc(-c5cccc(-c6cccc(-c7ccccc7)c6)c5)ccc4n2c13. The van der Waals surface area contributed by atoms with Gasteiger partial charge in [-0.15, -0.1) is 0 Å². The molecule has 0 atom stereocenters. The van der Waals surface area contributed by atoms with Gasteiger partial charge in [0, 0.05) is 21.5 Å². The summed E-state index contributed by atoms with van der Waals surface area (Å²) in [5.41, 5.74) is 12.7. The standard InChI is InChI=1S/C38H27N/c1-2-25-17-19-36-34(21-25)32-15-8-16-33-35-24-31(18-20-37(35)39(36)38(32)33)30-14-7-13-29(23-30)28-12-6-11-27(22-28)26-9-4-3-5-10-26/h3-24H,2H2,1H3. The Morgan fingerprint density at radius 3 is 1.56 bits per heavy atom. The van der Waals surface area contributed by atoms with Gasteiger partial charge in [0.25, 0.3) is 0 Å². The van der Waals surface area contributed by atoms with E-state index in [0.717, 1.165) is 6.42 Å². The van der Waals surface area contributed by atoms with Crippen molar-refractivity contribution in [2.45, 2.75) is 13.3 Å². The highest BCUT2D eigenvalue weighted by Gasteiger charge is 2.17. The molecule has 2 aromatic heterocycles. The Kier molecular flexibility index (Phi) is 4.87. The maximum atomic E-state index is 2.46. The molecule has 0 saturated heterocycles. The van der Waals surface area contributed by atoms with E-state index in [0.29, 0.717) is 0 Å². The predicted molar refractivity (Wildman–Crippen MR) is 167 cm³/mol. The molecule has 8 rings (SSSR count). The molecule has 0 aliphatic carbocycles. The summed E-state index contributed by atoms with van der Waals surface area (Å²) in [5.74, 6) is 0. The van der Waals surface area contributed by atoms with E-state index < -0.39 is 0 Å². The molecule has 0 bridgehead atoms. The molecular weight excluding hydrogens is 470 g/mol. The average molecular weight is 498 g/mol. The molecule has 0 N–H and O–H groups in total. The minimum atomic E-state index is 1.05. The molecule has 0 saturated carbocycles. The molecule has 1 heteroatoms. The molecule has 0 radical (unpaired) electrons. The van der Waals surface area contributed by atoms with Crippen LogP contribution in [0.1, 0.15) is 12.5 Å². The third kappa shape index (κ3) is 3.40. The number of hydrogen-bond acceptors (Lipinski definition) is 0. The van der Waals surface area contributed by atoms with Crippen LogP contribution in [0.5, 0.6) is 0 Å². The van der Waals surface area contributed by atoms with Crippen LogP contribution in [0.2, 0.25) is 0 Å². The Morgan fingerprint density at radius 2 is 0.923 bits per heavy atom. The van der Waals surface area contributed by atoms with Gasteiger partial charge in [-0.05, 0) is 81.8 Å². The molecule has 0 amide bonds. The van der Waals surface area contributed by atoms with Crippen LogP contribution in [0.3, 0.4) is 0 Å². The maximum absolute atomic E-state index is 2.46. The summed E-state index contributed by atoms with van der Waals surface area (Å²) in [6.45, 7) is 2.23. The van der Waals surface area contributed by atoms with Crippen LogP contribution in [-0.4, -0.2) is 4.40 Å². The van der Waals surface area contributed by atoms with Crippen LogP contribution in [0.25, 0.3) is 71.5 Å². The Labute approximate surface area is 227 Å². The van der Waals surface area contributed by atoms with Gasteiger partial charge >= 0.3 is 0 Å². The lowest BCUT2D eigenvalue weighted by Crippen LogP contribution is -1.85. The van der Waals surface area contributed by atoms with Crippen LogP contribution in [-0.2, 0) is 6.42 Å². The van der Waals surface area contributed by atoms with Crippen LogP contribution >= 0.6 is 0 Å². The van der Waals surface area contributed by atoms with E-state index in [1.54, 1.807) is 0 Å². The highest BCUT2D eigenvalue weighted by molar-refractivity contribution is 6.23. The van der Waals surface area contributed by atoms with Gasteiger partial charge in [-0.3, -0.25) is 0 Å². The van der Waals surface area contributed by atoms with Crippen LogP contribution in [0.15, 0.2) is 133 Å². The van der Waals surface area contributed by atoms with Crippen LogP contribution in [0, 0.1) is 0 Å². The number of para-hydroxylation sites is 1. The van der Waals surface area contributed by atoms with Gasteiger partial charge in [-0.25, -0.2) is 0 Å². The Morgan fingerprint density at radius 1 is 0.410 bits per heavy atom. The molecule has 39 heavy (non-hydrogen) atoms. The van der Waals surface area contributed by atoms with Gasteiger partial charge in [0.15, 0.2) is 0 Å². The van der Waals surface area contributed by atoms with Crippen molar-refractivity contribution in [2.75, 3.05) is 0 Å². The normalized spacial score (nSPS) is 11.8. The zero-order valence-corrected chi connectivity index (χ0v) is 21.9. The summed E-state index contributed by atoms with van der Waals surface area (Å²) in [6.07, 6.45) is 1.05. The zero-order chi connectivity index (χ0) is 25.9. The van der Waals surface area contributed by atoms with E-state index in [9.17, 15) is 0 Å². The van der Waals surface area contributed by atoms with Crippen molar-refractivity contribution in [3.8, 4) is 33.4 Å². The second-order valence-corrected chi connectivity index (χ2v) is 10.5. The fraction of sp³-hybridized carbons (Fsp3) is 0.0526. The Bertz CT molecular complexity index is 2150. The number of benzene rings is 6. The molecule has 6 aromatic carbocycles. The summed E-state index contributed by atoms with van der Waals surface area (Å²) in [7, 11) is 0. The summed E-state index contributed by atoms with van der Waals surface area (Å²) in [5, 5.41) is 5.33. The molecule has 2 heterocycles. The van der Waals surface area contributed by atoms with Crippen LogP contribution in [0.4, 0.5) is 0 Å². The number of nitrogens with zero attached hydrogens (tertiary/aromatic N) is 1. The lowest BCUT2D eigenvalue weighted by molar-refractivity contribution is 1.15. The zero-order valence-electron chi connectivity index (χ0n) is 21.9. The number of rotatable bonds is 4. The number of aromatic nitrogens is 1. The maximum Gasteiger partial charge on any atom is 0.0620 e. The van der Waals surface area contributed by atoms with E-state index in [4.69, 9.17) is 0 Å². The molecule has 184 valence electrons.